The van der Waals surface area contributed by atoms with Crippen molar-refractivity contribution >= 4 is 46.2 Å². The molecule has 1 saturated heterocycles. The Morgan fingerprint density at radius 1 is 0.971 bits per heavy atom. The first kappa shape index (κ1) is 24.7. The van der Waals surface area contributed by atoms with Crippen molar-refractivity contribution in [3.8, 4) is 5.75 Å². The van der Waals surface area contributed by atoms with Crippen LogP contribution in [0.3, 0.4) is 0 Å². The minimum Gasteiger partial charge on any atom is -0.489 e. The summed E-state index contributed by atoms with van der Waals surface area (Å²) in [5.74, 6) is 0.571. The third-order valence-electron chi connectivity index (χ3n) is 5.40. The Bertz CT molecular complexity index is 1210. The summed E-state index contributed by atoms with van der Waals surface area (Å²) < 4.78 is 6.41. The third-order valence-corrected chi connectivity index (χ3v) is 6.77. The number of nitrogens with one attached hydrogen (secondary N) is 1. The van der Waals surface area contributed by atoms with Crippen LogP contribution in [0.2, 0.25) is 0 Å². The molecule has 0 radical (unpaired) electrons. The van der Waals surface area contributed by atoms with Crippen molar-refractivity contribution in [1.82, 2.24) is 10.2 Å². The molecule has 0 aromatic heterocycles. The van der Waals surface area contributed by atoms with Gasteiger partial charge in [-0.15, -0.1) is 0 Å². The molecule has 3 aromatic carbocycles. The summed E-state index contributed by atoms with van der Waals surface area (Å²) in [6.45, 7) is 1.39. The van der Waals surface area contributed by atoms with Crippen molar-refractivity contribution in [2.45, 2.75) is 26.0 Å². The average Bonchev–Trinajstić information content (AvgIpc) is 3.15. The van der Waals surface area contributed by atoms with Crippen LogP contribution in [0.15, 0.2) is 89.8 Å². The number of nitrogens with zero attached hydrogens (tertiary/aromatic N) is 1. The summed E-state index contributed by atoms with van der Waals surface area (Å²) in [6, 6.07) is 27.4. The molecule has 0 atom stereocenters. The second-order valence-corrected chi connectivity index (χ2v) is 9.72. The van der Waals surface area contributed by atoms with E-state index < -0.39 is 0 Å². The molecule has 1 aliphatic rings. The number of benzene rings is 3. The summed E-state index contributed by atoms with van der Waals surface area (Å²) in [6.07, 6.45) is 2.72. The number of rotatable bonds is 10. The van der Waals surface area contributed by atoms with Gasteiger partial charge in [0, 0.05) is 19.5 Å². The Morgan fingerprint density at radius 3 is 2.43 bits per heavy atom. The van der Waals surface area contributed by atoms with Crippen molar-refractivity contribution in [3.05, 3.63) is 107 Å². The minimum atomic E-state index is -0.125. The number of carbonyl (C=O) groups is 2. The van der Waals surface area contributed by atoms with Gasteiger partial charge in [-0.2, -0.15) is 0 Å². The number of hydrogen-bond acceptors (Lipinski definition) is 5. The maximum absolute atomic E-state index is 12.9. The van der Waals surface area contributed by atoms with Gasteiger partial charge < -0.3 is 10.1 Å². The van der Waals surface area contributed by atoms with E-state index in [4.69, 9.17) is 17.0 Å². The van der Waals surface area contributed by atoms with E-state index in [1.807, 2.05) is 91.0 Å². The number of amides is 2. The lowest BCUT2D eigenvalue weighted by Gasteiger charge is -2.14. The molecule has 0 aliphatic carbocycles. The lowest BCUT2D eigenvalue weighted by Crippen LogP contribution is -2.30. The molecule has 7 heteroatoms. The highest BCUT2D eigenvalue weighted by Crippen LogP contribution is 2.33. The van der Waals surface area contributed by atoms with Crippen LogP contribution in [0.5, 0.6) is 5.75 Å². The largest absolute Gasteiger partial charge is 0.489 e. The lowest BCUT2D eigenvalue weighted by molar-refractivity contribution is -0.124. The molecule has 0 spiro atoms. The number of hydrogen-bond donors (Lipinski definition) is 1. The van der Waals surface area contributed by atoms with E-state index in [0.717, 1.165) is 22.4 Å². The zero-order valence-corrected chi connectivity index (χ0v) is 20.8. The third kappa shape index (κ3) is 7.28. The monoisotopic (exact) mass is 502 g/mol. The summed E-state index contributed by atoms with van der Waals surface area (Å²) in [5, 5.41) is 2.91. The summed E-state index contributed by atoms with van der Waals surface area (Å²) in [4.78, 5) is 27.2. The molecule has 3 aromatic rings. The zero-order chi connectivity index (χ0) is 24.5. The van der Waals surface area contributed by atoms with E-state index in [1.54, 1.807) is 4.90 Å². The molecule has 0 saturated carbocycles. The first-order valence-electron chi connectivity index (χ1n) is 11.4. The molecular weight excluding hydrogens is 476 g/mol. The maximum atomic E-state index is 12.9. The molecule has 1 fully saturated rings. The first-order valence-corrected chi connectivity index (χ1v) is 12.6. The SMILES string of the molecule is O=C(CCCN1C(=O)/C(=C/c2cccc(OCc3ccccc3)c2)SC1=S)NCc1ccccc1. The zero-order valence-electron chi connectivity index (χ0n) is 19.2. The minimum absolute atomic E-state index is 0.0397. The van der Waals surface area contributed by atoms with Gasteiger partial charge in [0.25, 0.3) is 5.91 Å². The van der Waals surface area contributed by atoms with Crippen molar-refractivity contribution < 1.29 is 14.3 Å². The van der Waals surface area contributed by atoms with E-state index >= 15 is 0 Å². The van der Waals surface area contributed by atoms with E-state index in [1.165, 1.54) is 11.8 Å². The fourth-order valence-corrected chi connectivity index (χ4v) is 4.87. The normalized spacial score (nSPS) is 14.4. The van der Waals surface area contributed by atoms with Gasteiger partial charge in [-0.05, 0) is 41.3 Å². The summed E-state index contributed by atoms with van der Waals surface area (Å²) >= 11 is 6.72. The van der Waals surface area contributed by atoms with Gasteiger partial charge in [-0.25, -0.2) is 0 Å². The predicted octanol–water partition coefficient (Wildman–Crippen LogP) is 5.56. The second kappa shape index (κ2) is 12.3. The quantitative estimate of drug-likeness (QED) is 0.290. The topological polar surface area (TPSA) is 58.6 Å². The van der Waals surface area contributed by atoms with Crippen LogP contribution < -0.4 is 10.1 Å². The maximum Gasteiger partial charge on any atom is 0.266 e. The molecular formula is C28H26N2O3S2. The molecule has 1 N–H and O–H groups in total. The van der Waals surface area contributed by atoms with Crippen LogP contribution >= 0.6 is 24.0 Å². The standard InChI is InChI=1S/C28H26N2O3S2/c31-26(29-19-21-9-3-1-4-10-21)15-8-16-30-27(32)25(35-28(30)34)18-23-13-7-14-24(17-23)33-20-22-11-5-2-6-12-22/h1-7,9-14,17-18H,8,15-16,19-20H2,(H,29,31)/b25-18-. The fraction of sp³-hybridized carbons (Fsp3) is 0.179. The highest BCUT2D eigenvalue weighted by molar-refractivity contribution is 8.26. The second-order valence-electron chi connectivity index (χ2n) is 8.05. The Kier molecular flexibility index (Phi) is 8.70. The summed E-state index contributed by atoms with van der Waals surface area (Å²) in [7, 11) is 0. The predicted molar refractivity (Wildman–Crippen MR) is 145 cm³/mol. The number of thioether (sulfide) groups is 1. The fourth-order valence-electron chi connectivity index (χ4n) is 3.56. The molecule has 5 nitrogen and oxygen atoms in total. The average molecular weight is 503 g/mol. The molecule has 0 bridgehead atoms. The van der Waals surface area contributed by atoms with Crippen molar-refractivity contribution in [2.24, 2.45) is 0 Å². The highest BCUT2D eigenvalue weighted by Gasteiger charge is 2.31. The highest BCUT2D eigenvalue weighted by atomic mass is 32.2. The summed E-state index contributed by atoms with van der Waals surface area (Å²) in [5.41, 5.74) is 3.02. The van der Waals surface area contributed by atoms with E-state index in [0.29, 0.717) is 41.8 Å². The van der Waals surface area contributed by atoms with Gasteiger partial charge in [-0.1, -0.05) is 96.8 Å². The molecule has 4 rings (SSSR count). The molecule has 35 heavy (non-hydrogen) atoms. The van der Waals surface area contributed by atoms with Crippen molar-refractivity contribution in [1.29, 1.82) is 0 Å². The number of thiocarbonyl (C=S) groups is 1. The molecule has 178 valence electrons. The van der Waals surface area contributed by atoms with Gasteiger partial charge in [0.2, 0.25) is 5.91 Å². The number of carbonyl (C=O) groups excluding carboxylic acids is 2. The van der Waals surface area contributed by atoms with Crippen LogP contribution in [0.25, 0.3) is 6.08 Å². The molecule has 0 unspecified atom stereocenters. The van der Waals surface area contributed by atoms with E-state index in [9.17, 15) is 9.59 Å². The van der Waals surface area contributed by atoms with Crippen LogP contribution in [-0.4, -0.2) is 27.6 Å². The van der Waals surface area contributed by atoms with Crippen LogP contribution in [0, 0.1) is 0 Å². The lowest BCUT2D eigenvalue weighted by atomic mass is 10.2. The van der Waals surface area contributed by atoms with Crippen LogP contribution in [0.1, 0.15) is 29.5 Å². The molecule has 2 amide bonds. The van der Waals surface area contributed by atoms with Crippen LogP contribution in [-0.2, 0) is 22.7 Å². The van der Waals surface area contributed by atoms with Gasteiger partial charge in [0.05, 0.1) is 4.91 Å². The Labute approximate surface area is 215 Å². The van der Waals surface area contributed by atoms with Gasteiger partial charge in [0.1, 0.15) is 16.7 Å². The Morgan fingerprint density at radius 2 is 1.69 bits per heavy atom. The van der Waals surface area contributed by atoms with Crippen molar-refractivity contribution in [3.63, 3.8) is 0 Å². The van der Waals surface area contributed by atoms with Gasteiger partial charge in [-0.3, -0.25) is 14.5 Å². The van der Waals surface area contributed by atoms with Gasteiger partial charge in [0.15, 0.2) is 0 Å². The van der Waals surface area contributed by atoms with Gasteiger partial charge >= 0.3 is 0 Å². The van der Waals surface area contributed by atoms with Crippen LogP contribution in [0.4, 0.5) is 0 Å². The smallest absolute Gasteiger partial charge is 0.266 e. The Hall–Kier alpha value is -3.42. The molecule has 1 aliphatic heterocycles. The first-order chi connectivity index (χ1) is 17.1. The Balaban J connectivity index is 1.27. The van der Waals surface area contributed by atoms with E-state index in [2.05, 4.69) is 5.32 Å². The van der Waals surface area contributed by atoms with E-state index in [-0.39, 0.29) is 11.8 Å². The molecule has 1 heterocycles. The number of ether oxygens (including phenoxy) is 1. The van der Waals surface area contributed by atoms with Crippen molar-refractivity contribution in [2.75, 3.05) is 6.54 Å².